The van der Waals surface area contributed by atoms with E-state index in [-0.39, 0.29) is 12.5 Å². The van der Waals surface area contributed by atoms with E-state index in [1.165, 1.54) is 4.90 Å². The normalized spacial score (nSPS) is 23.4. The molecule has 6 nitrogen and oxygen atoms in total. The third-order valence-corrected chi connectivity index (χ3v) is 3.44. The van der Waals surface area contributed by atoms with Gasteiger partial charge >= 0.3 is 5.97 Å². The number of carboxylic acids is 1. The van der Waals surface area contributed by atoms with E-state index in [2.05, 4.69) is 0 Å². The van der Waals surface area contributed by atoms with Crippen LogP contribution in [0, 0.1) is 11.8 Å². The highest BCUT2D eigenvalue weighted by Gasteiger charge is 2.37. The molecule has 0 aliphatic heterocycles. The Hall–Kier alpha value is -1.59. The molecule has 1 aliphatic rings. The Kier molecular flexibility index (Phi) is 5.12. The fourth-order valence-electron chi connectivity index (χ4n) is 2.49. The van der Waals surface area contributed by atoms with Crippen LogP contribution in [0.4, 0.5) is 0 Å². The number of primary amides is 1. The molecule has 3 N–H and O–H groups in total. The standard InChI is InChI=1S/C12H20N2O4/c1-2-14(7-10(13)15)11(16)8-5-3-4-6-9(8)12(17)18/h8-9H,2-7H2,1H3,(H2,13,15)(H,17,18)/t8-,9+/m1/s1. The molecule has 18 heavy (non-hydrogen) atoms. The van der Waals surface area contributed by atoms with Crippen molar-refractivity contribution in [1.82, 2.24) is 4.90 Å². The smallest absolute Gasteiger partial charge is 0.307 e. The number of carbonyl (C=O) groups excluding carboxylic acids is 2. The molecule has 2 atom stereocenters. The van der Waals surface area contributed by atoms with Gasteiger partial charge in [0.15, 0.2) is 0 Å². The van der Waals surface area contributed by atoms with Gasteiger partial charge in [0, 0.05) is 6.54 Å². The van der Waals surface area contributed by atoms with Gasteiger partial charge in [0.2, 0.25) is 11.8 Å². The Balaban J connectivity index is 2.78. The monoisotopic (exact) mass is 256 g/mol. The molecule has 0 heterocycles. The minimum absolute atomic E-state index is 0.141. The van der Waals surface area contributed by atoms with Crippen molar-refractivity contribution in [3.63, 3.8) is 0 Å². The minimum Gasteiger partial charge on any atom is -0.481 e. The molecule has 1 fully saturated rings. The summed E-state index contributed by atoms with van der Waals surface area (Å²) in [6, 6.07) is 0. The van der Waals surface area contributed by atoms with Gasteiger partial charge in [-0.3, -0.25) is 14.4 Å². The number of carbonyl (C=O) groups is 3. The van der Waals surface area contributed by atoms with E-state index >= 15 is 0 Å². The fourth-order valence-corrected chi connectivity index (χ4v) is 2.49. The summed E-state index contributed by atoms with van der Waals surface area (Å²) in [6.07, 6.45) is 2.79. The van der Waals surface area contributed by atoms with Gasteiger partial charge in [-0.1, -0.05) is 12.8 Å². The Labute approximate surface area is 106 Å². The zero-order valence-corrected chi connectivity index (χ0v) is 10.6. The first-order chi connectivity index (χ1) is 8.47. The number of likely N-dealkylation sites (N-methyl/N-ethyl adjacent to an activating group) is 1. The van der Waals surface area contributed by atoms with Crippen LogP contribution in [0.2, 0.25) is 0 Å². The van der Waals surface area contributed by atoms with Gasteiger partial charge in [0.05, 0.1) is 18.4 Å². The number of rotatable bonds is 5. The number of aliphatic carboxylic acids is 1. The molecule has 0 unspecified atom stereocenters. The summed E-state index contributed by atoms with van der Waals surface area (Å²) in [5, 5.41) is 9.13. The van der Waals surface area contributed by atoms with Gasteiger partial charge < -0.3 is 15.7 Å². The van der Waals surface area contributed by atoms with Gasteiger partial charge in [-0.2, -0.15) is 0 Å². The van der Waals surface area contributed by atoms with Crippen molar-refractivity contribution in [2.75, 3.05) is 13.1 Å². The van der Waals surface area contributed by atoms with E-state index in [9.17, 15) is 14.4 Å². The number of hydrogen-bond donors (Lipinski definition) is 2. The van der Waals surface area contributed by atoms with E-state index in [0.29, 0.717) is 19.4 Å². The van der Waals surface area contributed by atoms with Crippen molar-refractivity contribution < 1.29 is 19.5 Å². The molecule has 0 aromatic carbocycles. The number of amides is 2. The summed E-state index contributed by atoms with van der Waals surface area (Å²) in [5.74, 6) is -2.91. The molecule has 0 bridgehead atoms. The van der Waals surface area contributed by atoms with Crippen LogP contribution in [0.3, 0.4) is 0 Å². The molecule has 0 radical (unpaired) electrons. The van der Waals surface area contributed by atoms with Crippen LogP contribution >= 0.6 is 0 Å². The molecule has 0 spiro atoms. The van der Waals surface area contributed by atoms with Crippen LogP contribution in [0.5, 0.6) is 0 Å². The van der Waals surface area contributed by atoms with Crippen LogP contribution in [0.25, 0.3) is 0 Å². The second-order valence-electron chi connectivity index (χ2n) is 4.65. The molecule has 0 aromatic rings. The third kappa shape index (κ3) is 3.45. The molecular formula is C12H20N2O4. The molecule has 0 saturated heterocycles. The second-order valence-corrected chi connectivity index (χ2v) is 4.65. The SMILES string of the molecule is CCN(CC(N)=O)C(=O)[C@@H]1CCCC[C@@H]1C(=O)O. The Morgan fingerprint density at radius 2 is 1.78 bits per heavy atom. The van der Waals surface area contributed by atoms with E-state index in [0.717, 1.165) is 12.8 Å². The third-order valence-electron chi connectivity index (χ3n) is 3.44. The lowest BCUT2D eigenvalue weighted by molar-refractivity contribution is -0.152. The van der Waals surface area contributed by atoms with Crippen LogP contribution in [-0.2, 0) is 14.4 Å². The van der Waals surface area contributed by atoms with Gasteiger partial charge in [-0.15, -0.1) is 0 Å². The Bertz CT molecular complexity index is 343. The highest BCUT2D eigenvalue weighted by Crippen LogP contribution is 2.31. The van der Waals surface area contributed by atoms with Gasteiger partial charge in [0.25, 0.3) is 0 Å². The summed E-state index contributed by atoms with van der Waals surface area (Å²) in [5.41, 5.74) is 5.08. The summed E-state index contributed by atoms with van der Waals surface area (Å²) in [4.78, 5) is 35.6. The second kappa shape index (κ2) is 6.37. The van der Waals surface area contributed by atoms with Crippen LogP contribution < -0.4 is 5.73 Å². The predicted molar refractivity (Wildman–Crippen MR) is 64.5 cm³/mol. The topological polar surface area (TPSA) is 101 Å². The van der Waals surface area contributed by atoms with Gasteiger partial charge in [-0.05, 0) is 19.8 Å². The van der Waals surface area contributed by atoms with Crippen molar-refractivity contribution in [1.29, 1.82) is 0 Å². The van der Waals surface area contributed by atoms with Crippen molar-refractivity contribution in [3.8, 4) is 0 Å². The first-order valence-corrected chi connectivity index (χ1v) is 6.27. The quantitative estimate of drug-likeness (QED) is 0.734. The number of hydrogen-bond acceptors (Lipinski definition) is 3. The van der Waals surface area contributed by atoms with E-state index in [4.69, 9.17) is 10.8 Å². The largest absolute Gasteiger partial charge is 0.481 e. The molecule has 1 aliphatic carbocycles. The molecule has 1 rings (SSSR count). The van der Waals surface area contributed by atoms with Crippen molar-refractivity contribution in [2.45, 2.75) is 32.6 Å². The first kappa shape index (κ1) is 14.5. The fraction of sp³-hybridized carbons (Fsp3) is 0.750. The maximum absolute atomic E-state index is 12.2. The lowest BCUT2D eigenvalue weighted by atomic mass is 9.78. The van der Waals surface area contributed by atoms with Crippen molar-refractivity contribution >= 4 is 17.8 Å². The number of nitrogens with zero attached hydrogens (tertiary/aromatic N) is 1. The van der Waals surface area contributed by atoms with E-state index < -0.39 is 23.7 Å². The van der Waals surface area contributed by atoms with Crippen molar-refractivity contribution in [2.24, 2.45) is 17.6 Å². The van der Waals surface area contributed by atoms with E-state index in [1.807, 2.05) is 0 Å². The van der Waals surface area contributed by atoms with Gasteiger partial charge in [-0.25, -0.2) is 0 Å². The maximum atomic E-state index is 12.2. The first-order valence-electron chi connectivity index (χ1n) is 6.27. The zero-order chi connectivity index (χ0) is 13.7. The highest BCUT2D eigenvalue weighted by molar-refractivity contribution is 5.88. The lowest BCUT2D eigenvalue weighted by Gasteiger charge is -2.31. The molecule has 6 heteroatoms. The van der Waals surface area contributed by atoms with Crippen LogP contribution in [-0.4, -0.2) is 40.9 Å². The molecular weight excluding hydrogens is 236 g/mol. The Morgan fingerprint density at radius 1 is 1.22 bits per heavy atom. The molecule has 0 aromatic heterocycles. The summed E-state index contributed by atoms with van der Waals surface area (Å²) >= 11 is 0. The summed E-state index contributed by atoms with van der Waals surface area (Å²) in [7, 11) is 0. The summed E-state index contributed by atoms with van der Waals surface area (Å²) in [6.45, 7) is 1.97. The zero-order valence-electron chi connectivity index (χ0n) is 10.6. The Morgan fingerprint density at radius 3 is 2.22 bits per heavy atom. The average Bonchev–Trinajstić information content (AvgIpc) is 2.34. The molecule has 102 valence electrons. The molecule has 2 amide bonds. The lowest BCUT2D eigenvalue weighted by Crippen LogP contribution is -2.45. The van der Waals surface area contributed by atoms with Gasteiger partial charge in [0.1, 0.15) is 0 Å². The van der Waals surface area contributed by atoms with Crippen LogP contribution in [0.15, 0.2) is 0 Å². The van der Waals surface area contributed by atoms with Crippen LogP contribution in [0.1, 0.15) is 32.6 Å². The summed E-state index contributed by atoms with van der Waals surface area (Å²) < 4.78 is 0. The number of nitrogens with two attached hydrogens (primary N) is 1. The molecule has 1 saturated carbocycles. The maximum Gasteiger partial charge on any atom is 0.307 e. The van der Waals surface area contributed by atoms with Crippen molar-refractivity contribution in [3.05, 3.63) is 0 Å². The minimum atomic E-state index is -0.928. The average molecular weight is 256 g/mol. The number of carboxylic acid groups (broad SMARTS) is 1. The van der Waals surface area contributed by atoms with E-state index in [1.54, 1.807) is 6.92 Å². The predicted octanol–water partition coefficient (Wildman–Crippen LogP) is 0.211. The highest BCUT2D eigenvalue weighted by atomic mass is 16.4.